The van der Waals surface area contributed by atoms with Crippen LogP contribution < -0.4 is 0 Å². The van der Waals surface area contributed by atoms with Crippen molar-refractivity contribution < 1.29 is 9.47 Å². The van der Waals surface area contributed by atoms with Crippen molar-refractivity contribution in [3.63, 3.8) is 0 Å². The van der Waals surface area contributed by atoms with Gasteiger partial charge < -0.3 is 9.47 Å². The van der Waals surface area contributed by atoms with E-state index < -0.39 is 0 Å². The van der Waals surface area contributed by atoms with Gasteiger partial charge in [0.25, 0.3) is 0 Å². The summed E-state index contributed by atoms with van der Waals surface area (Å²) in [5.74, 6) is 0. The van der Waals surface area contributed by atoms with Crippen LogP contribution in [0.4, 0.5) is 0 Å². The third-order valence-electron chi connectivity index (χ3n) is 1.17. The van der Waals surface area contributed by atoms with Crippen molar-refractivity contribution in [3.8, 4) is 0 Å². The van der Waals surface area contributed by atoms with Crippen molar-refractivity contribution >= 4 is 0 Å². The van der Waals surface area contributed by atoms with Gasteiger partial charge in [-0.25, -0.2) is 0 Å². The second kappa shape index (κ2) is 1.80. The number of hydrogen-bond donors (Lipinski definition) is 0. The number of ether oxygens (including phenoxy) is 2. The van der Waals surface area contributed by atoms with E-state index in [1.165, 1.54) is 0 Å². The standard InChI is InChI=1S/C5H10O2/c1-4-5(7-4)3-6-2/h4-5H,3H2,1-2H3. The average Bonchev–Trinajstić information content (AvgIpc) is 2.22. The summed E-state index contributed by atoms with van der Waals surface area (Å²) < 4.78 is 9.84. The lowest BCUT2D eigenvalue weighted by molar-refractivity contribution is 0.171. The fraction of sp³-hybridized carbons (Fsp3) is 1.00. The second-order valence-electron chi connectivity index (χ2n) is 1.83. The zero-order valence-corrected chi connectivity index (χ0v) is 4.68. The molecule has 0 saturated carbocycles. The van der Waals surface area contributed by atoms with Gasteiger partial charge in [-0.3, -0.25) is 0 Å². The van der Waals surface area contributed by atoms with E-state index in [9.17, 15) is 0 Å². The molecule has 7 heavy (non-hydrogen) atoms. The molecule has 2 unspecified atom stereocenters. The monoisotopic (exact) mass is 102 g/mol. The summed E-state index contributed by atoms with van der Waals surface area (Å²) >= 11 is 0. The molecule has 0 amide bonds. The van der Waals surface area contributed by atoms with Crippen LogP contribution in [0.25, 0.3) is 0 Å². The summed E-state index contributed by atoms with van der Waals surface area (Å²) in [6, 6.07) is 0. The minimum Gasteiger partial charge on any atom is -0.382 e. The molecule has 1 aliphatic heterocycles. The van der Waals surface area contributed by atoms with Gasteiger partial charge in [-0.05, 0) is 6.92 Å². The largest absolute Gasteiger partial charge is 0.382 e. The van der Waals surface area contributed by atoms with E-state index >= 15 is 0 Å². The van der Waals surface area contributed by atoms with E-state index in [1.807, 2.05) is 6.92 Å². The molecule has 2 atom stereocenters. The molecule has 2 nitrogen and oxygen atoms in total. The van der Waals surface area contributed by atoms with Gasteiger partial charge in [0, 0.05) is 7.11 Å². The first kappa shape index (κ1) is 5.06. The quantitative estimate of drug-likeness (QED) is 0.471. The molecule has 0 spiro atoms. The van der Waals surface area contributed by atoms with Crippen LogP contribution in [-0.4, -0.2) is 25.9 Å². The van der Waals surface area contributed by atoms with Gasteiger partial charge >= 0.3 is 0 Å². The van der Waals surface area contributed by atoms with E-state index in [-0.39, 0.29) is 0 Å². The van der Waals surface area contributed by atoms with Gasteiger partial charge in [-0.1, -0.05) is 0 Å². The highest BCUT2D eigenvalue weighted by Gasteiger charge is 2.33. The second-order valence-corrected chi connectivity index (χ2v) is 1.83. The van der Waals surface area contributed by atoms with Crippen LogP contribution in [0, 0.1) is 0 Å². The molecule has 0 N–H and O–H groups in total. The van der Waals surface area contributed by atoms with Gasteiger partial charge in [-0.2, -0.15) is 0 Å². The lowest BCUT2D eigenvalue weighted by Gasteiger charge is -1.86. The maximum absolute atomic E-state index is 5.03. The summed E-state index contributed by atoms with van der Waals surface area (Å²) in [6.45, 7) is 2.80. The maximum atomic E-state index is 5.03. The molecule has 1 aliphatic rings. The van der Waals surface area contributed by atoms with Gasteiger partial charge in [0.1, 0.15) is 6.10 Å². The SMILES string of the molecule is COCC1OC1C. The Kier molecular flexibility index (Phi) is 1.30. The third kappa shape index (κ3) is 1.14. The summed E-state index contributed by atoms with van der Waals surface area (Å²) in [5.41, 5.74) is 0. The molecule has 42 valence electrons. The Morgan fingerprint density at radius 2 is 2.29 bits per heavy atom. The molecular weight excluding hydrogens is 92.1 g/mol. The molecule has 1 heterocycles. The van der Waals surface area contributed by atoms with Gasteiger partial charge in [0.05, 0.1) is 12.7 Å². The molecule has 0 bridgehead atoms. The van der Waals surface area contributed by atoms with Crippen LogP contribution in [0.2, 0.25) is 0 Å². The van der Waals surface area contributed by atoms with Crippen LogP contribution in [0.15, 0.2) is 0 Å². The lowest BCUT2D eigenvalue weighted by Crippen LogP contribution is -1.98. The van der Waals surface area contributed by atoms with Crippen molar-refractivity contribution in [1.82, 2.24) is 0 Å². The Bertz CT molecular complexity index is 63.1. The molecular formula is C5H10O2. The lowest BCUT2D eigenvalue weighted by atomic mass is 10.4. The molecule has 1 fully saturated rings. The van der Waals surface area contributed by atoms with Gasteiger partial charge in [-0.15, -0.1) is 0 Å². The Balaban J connectivity index is 1.98. The number of epoxide rings is 1. The van der Waals surface area contributed by atoms with Crippen LogP contribution in [-0.2, 0) is 9.47 Å². The zero-order chi connectivity index (χ0) is 5.28. The van der Waals surface area contributed by atoms with Crippen molar-refractivity contribution in [2.75, 3.05) is 13.7 Å². The first-order chi connectivity index (χ1) is 3.34. The van der Waals surface area contributed by atoms with E-state index in [4.69, 9.17) is 9.47 Å². The predicted octanol–water partition coefficient (Wildman–Crippen LogP) is 0.420. The number of rotatable bonds is 2. The highest BCUT2D eigenvalue weighted by Crippen LogP contribution is 2.20. The smallest absolute Gasteiger partial charge is 0.107 e. The molecule has 0 aliphatic carbocycles. The molecule has 1 saturated heterocycles. The number of methoxy groups -OCH3 is 1. The Labute approximate surface area is 43.4 Å². The fourth-order valence-electron chi connectivity index (χ4n) is 0.569. The van der Waals surface area contributed by atoms with Gasteiger partial charge in [0.2, 0.25) is 0 Å². The molecule has 2 heteroatoms. The highest BCUT2D eigenvalue weighted by molar-refractivity contribution is 4.79. The van der Waals surface area contributed by atoms with Crippen LogP contribution in [0.1, 0.15) is 6.92 Å². The van der Waals surface area contributed by atoms with Crippen molar-refractivity contribution in [2.24, 2.45) is 0 Å². The minimum absolute atomic E-state index is 0.394. The third-order valence-corrected chi connectivity index (χ3v) is 1.17. The Morgan fingerprint density at radius 3 is 2.43 bits per heavy atom. The maximum Gasteiger partial charge on any atom is 0.107 e. The van der Waals surface area contributed by atoms with Crippen LogP contribution in [0.5, 0.6) is 0 Å². The summed E-state index contributed by atoms with van der Waals surface area (Å²) in [6.07, 6.45) is 0.838. The average molecular weight is 102 g/mol. The normalized spacial score (nSPS) is 38.6. The Morgan fingerprint density at radius 1 is 1.71 bits per heavy atom. The predicted molar refractivity (Wildman–Crippen MR) is 26.2 cm³/mol. The van der Waals surface area contributed by atoms with Crippen molar-refractivity contribution in [2.45, 2.75) is 19.1 Å². The fourth-order valence-corrected chi connectivity index (χ4v) is 0.569. The first-order valence-electron chi connectivity index (χ1n) is 2.49. The van der Waals surface area contributed by atoms with Crippen molar-refractivity contribution in [3.05, 3.63) is 0 Å². The molecule has 1 rings (SSSR count). The molecule has 0 aromatic heterocycles. The van der Waals surface area contributed by atoms with E-state index in [0.29, 0.717) is 12.2 Å². The van der Waals surface area contributed by atoms with E-state index in [1.54, 1.807) is 7.11 Å². The Hall–Kier alpha value is -0.0800. The minimum atomic E-state index is 0.394. The topological polar surface area (TPSA) is 21.8 Å². The summed E-state index contributed by atoms with van der Waals surface area (Å²) in [7, 11) is 1.69. The van der Waals surface area contributed by atoms with Crippen LogP contribution in [0.3, 0.4) is 0 Å². The molecule has 0 aromatic carbocycles. The summed E-state index contributed by atoms with van der Waals surface area (Å²) in [5, 5.41) is 0. The first-order valence-corrected chi connectivity index (χ1v) is 2.49. The molecule has 0 radical (unpaired) electrons. The highest BCUT2D eigenvalue weighted by atomic mass is 16.6. The molecule has 0 aromatic rings. The van der Waals surface area contributed by atoms with Gasteiger partial charge in [0.15, 0.2) is 0 Å². The summed E-state index contributed by atoms with van der Waals surface area (Å²) in [4.78, 5) is 0. The van der Waals surface area contributed by atoms with Crippen LogP contribution >= 0.6 is 0 Å². The zero-order valence-electron chi connectivity index (χ0n) is 4.68. The number of hydrogen-bond acceptors (Lipinski definition) is 2. The van der Waals surface area contributed by atoms with E-state index in [0.717, 1.165) is 6.61 Å². The van der Waals surface area contributed by atoms with E-state index in [2.05, 4.69) is 0 Å². The van der Waals surface area contributed by atoms with Crippen molar-refractivity contribution in [1.29, 1.82) is 0 Å².